The molecule has 0 unspecified atom stereocenters. The molecule has 116 valence electrons. The minimum atomic E-state index is -0.00623. The van der Waals surface area contributed by atoms with E-state index in [0.29, 0.717) is 42.0 Å². The average molecular weight is 320 g/mol. The number of amides is 2. The van der Waals surface area contributed by atoms with Crippen molar-refractivity contribution in [3.63, 3.8) is 0 Å². The molecule has 3 heterocycles. The smallest absolute Gasteiger partial charge is 0.258 e. The van der Waals surface area contributed by atoms with Gasteiger partial charge in [0.25, 0.3) is 5.91 Å². The predicted molar refractivity (Wildman–Crippen MR) is 82.9 cm³/mol. The topological polar surface area (TPSA) is 53.5 Å². The number of hydrogen-bond donors (Lipinski definition) is 0. The minimum Gasteiger partial charge on any atom is -0.331 e. The van der Waals surface area contributed by atoms with Crippen LogP contribution in [0.3, 0.4) is 0 Å². The molecule has 0 N–H and O–H groups in total. The standard InChI is InChI=1S/C16H18ClN3O2/c1-9(10-4-5-10)20-8-11-7-12(17)18-15(14(11)16(20)22)19-6-2-3-13(19)21/h7,9-10H,2-6,8H2,1H3/t9-/m0/s1. The van der Waals surface area contributed by atoms with Crippen molar-refractivity contribution in [1.29, 1.82) is 0 Å². The summed E-state index contributed by atoms with van der Waals surface area (Å²) < 4.78 is 0. The molecule has 0 spiro atoms. The van der Waals surface area contributed by atoms with E-state index < -0.39 is 0 Å². The van der Waals surface area contributed by atoms with Crippen LogP contribution in [-0.2, 0) is 11.3 Å². The number of halogens is 1. The first-order valence-electron chi connectivity index (χ1n) is 7.87. The zero-order chi connectivity index (χ0) is 15.4. The van der Waals surface area contributed by atoms with Gasteiger partial charge in [0.2, 0.25) is 5.91 Å². The molecule has 3 aliphatic rings. The summed E-state index contributed by atoms with van der Waals surface area (Å²) in [6.07, 6.45) is 3.70. The Morgan fingerprint density at radius 2 is 2.14 bits per heavy atom. The van der Waals surface area contributed by atoms with E-state index in [-0.39, 0.29) is 17.9 Å². The fourth-order valence-corrected chi connectivity index (χ4v) is 3.75. The minimum absolute atomic E-state index is 0.00623. The molecule has 2 amide bonds. The van der Waals surface area contributed by atoms with Crippen molar-refractivity contribution < 1.29 is 9.59 Å². The van der Waals surface area contributed by atoms with Crippen LogP contribution in [0.5, 0.6) is 0 Å². The maximum Gasteiger partial charge on any atom is 0.258 e. The van der Waals surface area contributed by atoms with E-state index in [1.54, 1.807) is 11.0 Å². The highest BCUT2D eigenvalue weighted by molar-refractivity contribution is 6.30. The van der Waals surface area contributed by atoms with Gasteiger partial charge < -0.3 is 4.90 Å². The van der Waals surface area contributed by atoms with Crippen LogP contribution in [0.15, 0.2) is 6.07 Å². The Bertz CT molecular complexity index is 672. The normalized spacial score (nSPS) is 22.5. The molecule has 1 atom stereocenters. The lowest BCUT2D eigenvalue weighted by Crippen LogP contribution is -2.35. The third kappa shape index (κ3) is 2.10. The molecule has 0 radical (unpaired) electrons. The van der Waals surface area contributed by atoms with Gasteiger partial charge >= 0.3 is 0 Å². The first-order chi connectivity index (χ1) is 10.6. The molecule has 1 aliphatic carbocycles. The molecule has 22 heavy (non-hydrogen) atoms. The zero-order valence-corrected chi connectivity index (χ0v) is 13.3. The highest BCUT2D eigenvalue weighted by atomic mass is 35.5. The number of pyridine rings is 1. The Morgan fingerprint density at radius 3 is 2.77 bits per heavy atom. The summed E-state index contributed by atoms with van der Waals surface area (Å²) in [6, 6.07) is 2.00. The van der Waals surface area contributed by atoms with Crippen molar-refractivity contribution >= 4 is 29.2 Å². The SMILES string of the molecule is C[C@@H](C1CC1)N1Cc2cc(Cl)nc(N3CCCC3=O)c2C1=O. The molecule has 1 saturated carbocycles. The van der Waals surface area contributed by atoms with Crippen LogP contribution < -0.4 is 4.90 Å². The largest absolute Gasteiger partial charge is 0.331 e. The molecular weight excluding hydrogens is 302 g/mol. The van der Waals surface area contributed by atoms with Gasteiger partial charge in [-0.1, -0.05) is 11.6 Å². The van der Waals surface area contributed by atoms with Crippen molar-refractivity contribution in [1.82, 2.24) is 9.88 Å². The number of rotatable bonds is 3. The Hall–Kier alpha value is -1.62. The van der Waals surface area contributed by atoms with Crippen LogP contribution in [0.1, 0.15) is 48.5 Å². The Morgan fingerprint density at radius 1 is 1.36 bits per heavy atom. The first kappa shape index (κ1) is 14.0. The summed E-state index contributed by atoms with van der Waals surface area (Å²) in [6.45, 7) is 3.30. The van der Waals surface area contributed by atoms with Crippen molar-refractivity contribution in [3.8, 4) is 0 Å². The maximum absolute atomic E-state index is 12.9. The van der Waals surface area contributed by atoms with Crippen molar-refractivity contribution in [2.24, 2.45) is 5.92 Å². The van der Waals surface area contributed by atoms with Crippen LogP contribution in [0.2, 0.25) is 5.15 Å². The average Bonchev–Trinajstić information content (AvgIpc) is 3.17. The summed E-state index contributed by atoms with van der Waals surface area (Å²) in [5.41, 5.74) is 1.47. The van der Waals surface area contributed by atoms with Crippen LogP contribution in [0.25, 0.3) is 0 Å². The molecule has 0 aromatic carbocycles. The van der Waals surface area contributed by atoms with Gasteiger partial charge in [-0.05, 0) is 43.7 Å². The van der Waals surface area contributed by atoms with E-state index in [9.17, 15) is 9.59 Å². The summed E-state index contributed by atoms with van der Waals surface area (Å²) >= 11 is 6.13. The second-order valence-electron chi connectivity index (χ2n) is 6.46. The molecule has 6 heteroatoms. The number of anilines is 1. The summed E-state index contributed by atoms with van der Waals surface area (Å²) in [5, 5.41) is 0.349. The Labute approximate surface area is 134 Å². The highest BCUT2D eigenvalue weighted by Gasteiger charge is 2.41. The van der Waals surface area contributed by atoms with Crippen molar-refractivity contribution in [2.75, 3.05) is 11.4 Å². The molecule has 2 aliphatic heterocycles. The van der Waals surface area contributed by atoms with Crippen molar-refractivity contribution in [3.05, 3.63) is 22.3 Å². The van der Waals surface area contributed by atoms with Crippen LogP contribution >= 0.6 is 11.6 Å². The first-order valence-corrected chi connectivity index (χ1v) is 8.25. The number of fused-ring (bicyclic) bond motifs is 1. The number of hydrogen-bond acceptors (Lipinski definition) is 3. The van der Waals surface area contributed by atoms with Crippen LogP contribution in [0, 0.1) is 5.92 Å². The fraction of sp³-hybridized carbons (Fsp3) is 0.562. The van der Waals surface area contributed by atoms with Crippen LogP contribution in [-0.4, -0.2) is 34.3 Å². The lowest BCUT2D eigenvalue weighted by Gasteiger charge is -2.24. The van der Waals surface area contributed by atoms with Gasteiger partial charge in [-0.25, -0.2) is 4.98 Å². The molecule has 1 aromatic heterocycles. The Balaban J connectivity index is 1.75. The van der Waals surface area contributed by atoms with Gasteiger partial charge in [-0.3, -0.25) is 14.5 Å². The lowest BCUT2D eigenvalue weighted by atomic mass is 10.1. The second-order valence-corrected chi connectivity index (χ2v) is 6.85. The molecular formula is C16H18ClN3O2. The van der Waals surface area contributed by atoms with Gasteiger partial charge in [0.15, 0.2) is 0 Å². The van der Waals surface area contributed by atoms with E-state index in [4.69, 9.17) is 11.6 Å². The van der Waals surface area contributed by atoms with E-state index >= 15 is 0 Å². The number of carbonyl (C=O) groups is 2. The van der Waals surface area contributed by atoms with Gasteiger partial charge in [0, 0.05) is 25.6 Å². The van der Waals surface area contributed by atoms with Gasteiger partial charge in [0.05, 0.1) is 5.56 Å². The van der Waals surface area contributed by atoms with Gasteiger partial charge in [-0.2, -0.15) is 0 Å². The number of carbonyl (C=O) groups excluding carboxylic acids is 2. The van der Waals surface area contributed by atoms with Gasteiger partial charge in [-0.15, -0.1) is 0 Å². The predicted octanol–water partition coefficient (Wildman–Crippen LogP) is 2.62. The maximum atomic E-state index is 12.9. The van der Waals surface area contributed by atoms with Crippen LogP contribution in [0.4, 0.5) is 5.82 Å². The van der Waals surface area contributed by atoms with E-state index in [1.165, 1.54) is 12.8 Å². The monoisotopic (exact) mass is 319 g/mol. The number of aromatic nitrogens is 1. The fourth-order valence-electron chi connectivity index (χ4n) is 3.53. The van der Waals surface area contributed by atoms with E-state index in [0.717, 1.165) is 12.0 Å². The molecule has 1 aromatic rings. The zero-order valence-electron chi connectivity index (χ0n) is 12.5. The lowest BCUT2D eigenvalue weighted by molar-refractivity contribution is -0.117. The third-order valence-electron chi connectivity index (χ3n) is 4.99. The second kappa shape index (κ2) is 4.95. The summed E-state index contributed by atoms with van der Waals surface area (Å²) in [7, 11) is 0. The van der Waals surface area contributed by atoms with Crippen molar-refractivity contribution in [2.45, 2.75) is 45.2 Å². The van der Waals surface area contributed by atoms with Gasteiger partial charge in [0.1, 0.15) is 11.0 Å². The van der Waals surface area contributed by atoms with E-state index in [1.807, 2.05) is 4.90 Å². The molecule has 5 nitrogen and oxygen atoms in total. The molecule has 2 fully saturated rings. The molecule has 4 rings (SSSR count). The molecule has 1 saturated heterocycles. The summed E-state index contributed by atoms with van der Waals surface area (Å²) in [4.78, 5) is 32.7. The highest BCUT2D eigenvalue weighted by Crippen LogP contribution is 2.40. The summed E-state index contributed by atoms with van der Waals surface area (Å²) in [5.74, 6) is 1.09. The number of nitrogens with zero attached hydrogens (tertiary/aromatic N) is 3. The molecule has 0 bridgehead atoms. The quantitative estimate of drug-likeness (QED) is 0.805. The Kier molecular flexibility index (Phi) is 3.15. The van der Waals surface area contributed by atoms with E-state index in [2.05, 4.69) is 11.9 Å². The third-order valence-corrected chi connectivity index (χ3v) is 5.18.